The van der Waals surface area contributed by atoms with Crippen molar-refractivity contribution in [3.63, 3.8) is 0 Å². The number of nitrogens with two attached hydrogens (primary N) is 1. The number of Topliss-reactive ketones (excluding diaryl/α,β-unsaturated/α-hetero) is 1. The number of dihydropyridines is 1. The minimum absolute atomic E-state index is 0.0855. The summed E-state index contributed by atoms with van der Waals surface area (Å²) < 4.78 is 13.5. The van der Waals surface area contributed by atoms with Crippen molar-refractivity contribution in [2.45, 2.75) is 12.8 Å². The summed E-state index contributed by atoms with van der Waals surface area (Å²) in [5.74, 6) is 0.0522. The number of hydrogen-bond donors (Lipinski definition) is 4. The lowest BCUT2D eigenvalue weighted by Gasteiger charge is -2.20. The van der Waals surface area contributed by atoms with Gasteiger partial charge >= 0.3 is 0 Å². The molecule has 7 heteroatoms. The number of allylic oxidation sites excluding steroid dienone is 2. The average Bonchev–Trinajstić information content (AvgIpc) is 2.61. The lowest BCUT2D eigenvalue weighted by Crippen LogP contribution is -2.32. The summed E-state index contributed by atoms with van der Waals surface area (Å²) in [7, 11) is 0. The Morgan fingerprint density at radius 1 is 1.54 bits per heavy atom. The molecule has 5 N–H and O–H groups in total. The molecule has 0 saturated carbocycles. The maximum absolute atomic E-state index is 13.5. The number of carbonyl (C=O) groups excluding carboxylic acids is 1. The van der Waals surface area contributed by atoms with Gasteiger partial charge in [0.05, 0.1) is 17.8 Å². The van der Waals surface area contributed by atoms with Gasteiger partial charge in [-0.1, -0.05) is 6.08 Å². The van der Waals surface area contributed by atoms with E-state index in [-0.39, 0.29) is 24.7 Å². The van der Waals surface area contributed by atoms with Gasteiger partial charge in [0, 0.05) is 32.0 Å². The summed E-state index contributed by atoms with van der Waals surface area (Å²) in [5, 5.41) is 9.19. The zero-order valence-electron chi connectivity index (χ0n) is 13.9. The SMILES string of the molecule is NC=C(C=NCC1CCCNC1)C(=O)CNCC1=C(F)C=CCN1. The maximum Gasteiger partial charge on any atom is 0.179 e. The second kappa shape index (κ2) is 10.00. The molecule has 1 atom stereocenters. The minimum atomic E-state index is -0.307. The molecule has 0 radical (unpaired) electrons. The highest BCUT2D eigenvalue weighted by Gasteiger charge is 2.13. The van der Waals surface area contributed by atoms with Crippen molar-refractivity contribution in [2.75, 3.05) is 39.3 Å². The number of piperidine rings is 1. The summed E-state index contributed by atoms with van der Waals surface area (Å²) in [6, 6.07) is 0. The second-order valence-corrected chi connectivity index (χ2v) is 5.97. The molecule has 0 aromatic heterocycles. The Balaban J connectivity index is 1.73. The third-order valence-electron chi connectivity index (χ3n) is 4.07. The summed E-state index contributed by atoms with van der Waals surface area (Å²) in [6.45, 7) is 3.68. The molecule has 2 aliphatic rings. The van der Waals surface area contributed by atoms with Crippen LogP contribution in [0.2, 0.25) is 0 Å². The molecule has 0 amide bonds. The van der Waals surface area contributed by atoms with Gasteiger partial charge in [0.25, 0.3) is 0 Å². The Morgan fingerprint density at radius 3 is 3.12 bits per heavy atom. The predicted octanol–water partition coefficient (Wildman–Crippen LogP) is 0.399. The van der Waals surface area contributed by atoms with Crippen molar-refractivity contribution in [1.82, 2.24) is 16.0 Å². The first-order valence-electron chi connectivity index (χ1n) is 8.36. The van der Waals surface area contributed by atoms with Gasteiger partial charge < -0.3 is 21.7 Å². The summed E-state index contributed by atoms with van der Waals surface area (Å²) in [6.07, 6.45) is 8.26. The van der Waals surface area contributed by atoms with E-state index in [9.17, 15) is 9.18 Å². The topological polar surface area (TPSA) is 91.5 Å². The van der Waals surface area contributed by atoms with Crippen molar-refractivity contribution in [1.29, 1.82) is 0 Å². The quantitative estimate of drug-likeness (QED) is 0.381. The molecule has 0 aliphatic carbocycles. The molecule has 132 valence electrons. The predicted molar refractivity (Wildman–Crippen MR) is 94.4 cm³/mol. The molecule has 1 fully saturated rings. The summed E-state index contributed by atoms with van der Waals surface area (Å²) >= 11 is 0. The molecule has 1 saturated heterocycles. The average molecular weight is 335 g/mol. The van der Waals surface area contributed by atoms with Crippen LogP contribution in [-0.2, 0) is 4.79 Å². The van der Waals surface area contributed by atoms with Crippen LogP contribution in [0.1, 0.15) is 12.8 Å². The Bertz CT molecular complexity index is 547. The second-order valence-electron chi connectivity index (χ2n) is 5.97. The molecule has 0 aromatic carbocycles. The Kier molecular flexibility index (Phi) is 7.64. The number of nitrogens with zero attached hydrogens (tertiary/aromatic N) is 1. The minimum Gasteiger partial charge on any atom is -0.404 e. The number of hydrogen-bond acceptors (Lipinski definition) is 6. The van der Waals surface area contributed by atoms with Crippen molar-refractivity contribution in [3.8, 4) is 0 Å². The van der Waals surface area contributed by atoms with E-state index < -0.39 is 0 Å². The van der Waals surface area contributed by atoms with Crippen LogP contribution in [0.15, 0.2) is 40.4 Å². The van der Waals surface area contributed by atoms with Crippen LogP contribution in [0.4, 0.5) is 4.39 Å². The molecule has 6 nitrogen and oxygen atoms in total. The van der Waals surface area contributed by atoms with E-state index >= 15 is 0 Å². The van der Waals surface area contributed by atoms with E-state index in [0.717, 1.165) is 25.9 Å². The van der Waals surface area contributed by atoms with Gasteiger partial charge in [-0.3, -0.25) is 9.79 Å². The first-order chi connectivity index (χ1) is 11.7. The van der Waals surface area contributed by atoms with Crippen LogP contribution < -0.4 is 21.7 Å². The van der Waals surface area contributed by atoms with E-state index in [1.807, 2.05) is 0 Å². The number of halogens is 1. The smallest absolute Gasteiger partial charge is 0.179 e. The van der Waals surface area contributed by atoms with Crippen molar-refractivity contribution >= 4 is 12.0 Å². The van der Waals surface area contributed by atoms with Crippen molar-refractivity contribution in [2.24, 2.45) is 16.6 Å². The standard InChI is InChI=1S/C17H26FN5O/c18-15-4-2-6-23-16(15)11-22-12-17(24)14(7-19)10-21-9-13-3-1-5-20-8-13/h2,4,7,10,13,20,22-23H,1,3,5-6,8-9,11-12,19H2. The number of ketones is 1. The molecular formula is C17H26FN5O. The van der Waals surface area contributed by atoms with Gasteiger partial charge in [-0.25, -0.2) is 4.39 Å². The van der Waals surface area contributed by atoms with Crippen LogP contribution in [0.5, 0.6) is 0 Å². The maximum atomic E-state index is 13.5. The van der Waals surface area contributed by atoms with E-state index in [1.165, 1.54) is 12.3 Å². The zero-order valence-corrected chi connectivity index (χ0v) is 13.9. The van der Waals surface area contributed by atoms with Crippen LogP contribution in [0, 0.1) is 5.92 Å². The highest BCUT2D eigenvalue weighted by Crippen LogP contribution is 2.10. The van der Waals surface area contributed by atoms with Crippen LogP contribution >= 0.6 is 0 Å². The molecule has 0 spiro atoms. The lowest BCUT2D eigenvalue weighted by molar-refractivity contribution is -0.114. The Labute approximate surface area is 142 Å². The summed E-state index contributed by atoms with van der Waals surface area (Å²) in [5.41, 5.74) is 6.36. The third-order valence-corrected chi connectivity index (χ3v) is 4.07. The van der Waals surface area contributed by atoms with Gasteiger partial charge in [0.1, 0.15) is 5.83 Å². The molecule has 2 aliphatic heterocycles. The number of aliphatic imine (C=N–C) groups is 1. The van der Waals surface area contributed by atoms with Gasteiger partial charge in [-0.05, 0) is 37.9 Å². The van der Waals surface area contributed by atoms with Crippen LogP contribution in [-0.4, -0.2) is 51.3 Å². The molecule has 2 heterocycles. The van der Waals surface area contributed by atoms with Gasteiger partial charge in [0.15, 0.2) is 5.78 Å². The third kappa shape index (κ3) is 5.90. The normalized spacial score (nSPS) is 22.0. The largest absolute Gasteiger partial charge is 0.404 e. The molecule has 24 heavy (non-hydrogen) atoms. The van der Waals surface area contributed by atoms with E-state index in [0.29, 0.717) is 30.3 Å². The zero-order chi connectivity index (χ0) is 17.2. The molecule has 2 rings (SSSR count). The van der Waals surface area contributed by atoms with E-state index in [1.54, 1.807) is 12.3 Å². The first kappa shape index (κ1) is 18.4. The molecule has 1 unspecified atom stereocenters. The van der Waals surface area contributed by atoms with Gasteiger partial charge in [-0.15, -0.1) is 0 Å². The number of carbonyl (C=O) groups is 1. The monoisotopic (exact) mass is 335 g/mol. The molecule has 0 aromatic rings. The number of rotatable bonds is 8. The highest BCUT2D eigenvalue weighted by atomic mass is 19.1. The van der Waals surface area contributed by atoms with E-state index in [2.05, 4.69) is 20.9 Å². The van der Waals surface area contributed by atoms with Gasteiger partial charge in [-0.2, -0.15) is 0 Å². The fraction of sp³-hybridized carbons (Fsp3) is 0.529. The number of nitrogens with one attached hydrogen (secondary N) is 3. The first-order valence-corrected chi connectivity index (χ1v) is 8.36. The van der Waals surface area contributed by atoms with Crippen molar-refractivity contribution < 1.29 is 9.18 Å². The van der Waals surface area contributed by atoms with Crippen molar-refractivity contribution in [3.05, 3.63) is 35.4 Å². The Morgan fingerprint density at radius 2 is 2.42 bits per heavy atom. The van der Waals surface area contributed by atoms with Gasteiger partial charge in [0.2, 0.25) is 0 Å². The van der Waals surface area contributed by atoms with Crippen LogP contribution in [0.25, 0.3) is 0 Å². The fourth-order valence-corrected chi connectivity index (χ4v) is 2.67. The summed E-state index contributed by atoms with van der Waals surface area (Å²) in [4.78, 5) is 16.5. The van der Waals surface area contributed by atoms with Crippen LogP contribution in [0.3, 0.4) is 0 Å². The lowest BCUT2D eigenvalue weighted by atomic mass is 10.00. The molecule has 0 bridgehead atoms. The Hall–Kier alpha value is -1.99. The van der Waals surface area contributed by atoms with E-state index in [4.69, 9.17) is 5.73 Å². The fourth-order valence-electron chi connectivity index (χ4n) is 2.67. The molecular weight excluding hydrogens is 309 g/mol. The highest BCUT2D eigenvalue weighted by molar-refractivity contribution is 6.14.